The van der Waals surface area contributed by atoms with Gasteiger partial charge in [-0.3, -0.25) is 4.57 Å². The van der Waals surface area contributed by atoms with Crippen LogP contribution in [0.15, 0.2) is 41.5 Å². The highest BCUT2D eigenvalue weighted by atomic mass is 79.9. The number of imidazole rings is 1. The van der Waals surface area contributed by atoms with Gasteiger partial charge in [-0.1, -0.05) is 28.1 Å². The first-order chi connectivity index (χ1) is 8.61. The Morgan fingerprint density at radius 3 is 2.94 bits per heavy atom. The summed E-state index contributed by atoms with van der Waals surface area (Å²) in [6, 6.07) is 6.22. The molecule has 0 aliphatic rings. The van der Waals surface area contributed by atoms with Crippen LogP contribution in [-0.4, -0.2) is 16.1 Å². The van der Waals surface area contributed by atoms with Crippen molar-refractivity contribution in [2.75, 3.05) is 11.9 Å². The molecule has 1 heterocycles. The summed E-state index contributed by atoms with van der Waals surface area (Å²) in [5, 5.41) is 3.25. The fraction of sp³-hybridized carbons (Fsp3) is 0.214. The second-order valence-electron chi connectivity index (χ2n) is 4.18. The molecule has 0 bridgehead atoms. The number of rotatable bonds is 4. The first kappa shape index (κ1) is 12.9. The third-order valence-corrected chi connectivity index (χ3v) is 3.15. The first-order valence-corrected chi connectivity index (χ1v) is 6.58. The Kier molecular flexibility index (Phi) is 3.87. The maximum atomic E-state index is 4.48. The van der Waals surface area contributed by atoms with Crippen LogP contribution in [0.4, 0.5) is 5.95 Å². The van der Waals surface area contributed by atoms with Crippen LogP contribution in [0.2, 0.25) is 0 Å². The van der Waals surface area contributed by atoms with Crippen LogP contribution in [0, 0.1) is 13.8 Å². The fourth-order valence-electron chi connectivity index (χ4n) is 1.81. The zero-order chi connectivity index (χ0) is 13.1. The summed E-state index contributed by atoms with van der Waals surface area (Å²) in [5.41, 5.74) is 3.31. The zero-order valence-corrected chi connectivity index (χ0v) is 12.2. The van der Waals surface area contributed by atoms with Gasteiger partial charge in [0.25, 0.3) is 0 Å². The van der Waals surface area contributed by atoms with Gasteiger partial charge in [0, 0.05) is 17.2 Å². The van der Waals surface area contributed by atoms with E-state index in [4.69, 9.17) is 0 Å². The van der Waals surface area contributed by atoms with E-state index in [9.17, 15) is 0 Å². The average Bonchev–Trinajstić information content (AvgIpc) is 2.71. The van der Waals surface area contributed by atoms with Crippen molar-refractivity contribution in [3.8, 4) is 5.69 Å². The highest BCUT2D eigenvalue weighted by Crippen LogP contribution is 2.23. The van der Waals surface area contributed by atoms with E-state index in [1.54, 1.807) is 0 Å². The average molecular weight is 306 g/mol. The molecule has 0 fully saturated rings. The number of hydrogen-bond donors (Lipinski definition) is 1. The number of nitrogens with one attached hydrogen (secondary N) is 1. The molecule has 1 aromatic heterocycles. The number of aryl methyl sites for hydroxylation is 2. The molecule has 3 nitrogen and oxygen atoms in total. The van der Waals surface area contributed by atoms with Crippen LogP contribution in [0.25, 0.3) is 5.69 Å². The number of benzene rings is 1. The van der Waals surface area contributed by atoms with Crippen molar-refractivity contribution in [3.63, 3.8) is 0 Å². The summed E-state index contributed by atoms with van der Waals surface area (Å²) in [7, 11) is 0. The first-order valence-electron chi connectivity index (χ1n) is 5.79. The van der Waals surface area contributed by atoms with Crippen molar-refractivity contribution in [2.24, 2.45) is 0 Å². The van der Waals surface area contributed by atoms with Crippen LogP contribution >= 0.6 is 15.9 Å². The lowest BCUT2D eigenvalue weighted by molar-refractivity contribution is 1.02. The molecule has 4 heteroatoms. The summed E-state index contributed by atoms with van der Waals surface area (Å²) in [4.78, 5) is 4.48. The topological polar surface area (TPSA) is 29.9 Å². The standard InChI is InChI=1S/C14H16BrN3/c1-4-7-16-14-17-11(3)9-18(14)13-8-12(15)6-5-10(13)2/h4-6,8-9H,1,7H2,2-3H3,(H,16,17). The van der Waals surface area contributed by atoms with Gasteiger partial charge in [-0.25, -0.2) is 4.98 Å². The number of nitrogens with zero attached hydrogens (tertiary/aromatic N) is 2. The number of halogens is 1. The smallest absolute Gasteiger partial charge is 0.207 e. The van der Waals surface area contributed by atoms with Gasteiger partial charge >= 0.3 is 0 Å². The minimum atomic E-state index is 0.698. The van der Waals surface area contributed by atoms with Gasteiger partial charge < -0.3 is 5.32 Å². The van der Waals surface area contributed by atoms with E-state index in [1.807, 2.05) is 25.3 Å². The SMILES string of the molecule is C=CCNc1nc(C)cn1-c1cc(Br)ccc1C. The van der Waals surface area contributed by atoms with Gasteiger partial charge in [0.1, 0.15) is 0 Å². The molecule has 2 aromatic rings. The highest BCUT2D eigenvalue weighted by Gasteiger charge is 2.09. The van der Waals surface area contributed by atoms with Crippen LogP contribution in [-0.2, 0) is 0 Å². The van der Waals surface area contributed by atoms with Crippen LogP contribution in [0.5, 0.6) is 0 Å². The van der Waals surface area contributed by atoms with Crippen LogP contribution in [0.1, 0.15) is 11.3 Å². The Morgan fingerprint density at radius 2 is 2.22 bits per heavy atom. The summed E-state index contributed by atoms with van der Waals surface area (Å²) in [6.07, 6.45) is 3.85. The van der Waals surface area contributed by atoms with Gasteiger partial charge in [0.15, 0.2) is 0 Å². The predicted octanol–water partition coefficient (Wildman–Crippen LogP) is 3.85. The van der Waals surface area contributed by atoms with E-state index >= 15 is 0 Å². The molecule has 0 unspecified atom stereocenters. The molecule has 0 aliphatic carbocycles. The second-order valence-corrected chi connectivity index (χ2v) is 5.09. The monoisotopic (exact) mass is 305 g/mol. The molecule has 1 N–H and O–H groups in total. The summed E-state index contributed by atoms with van der Waals surface area (Å²) in [5.74, 6) is 0.841. The van der Waals surface area contributed by atoms with Crippen molar-refractivity contribution in [1.82, 2.24) is 9.55 Å². The van der Waals surface area contributed by atoms with Gasteiger partial charge in [-0.2, -0.15) is 0 Å². The molecule has 2 rings (SSSR count). The van der Waals surface area contributed by atoms with Crippen molar-refractivity contribution in [3.05, 3.63) is 52.8 Å². The third kappa shape index (κ3) is 2.64. The minimum absolute atomic E-state index is 0.698. The van der Waals surface area contributed by atoms with E-state index in [0.29, 0.717) is 6.54 Å². The Labute approximate surface area is 116 Å². The molecule has 0 saturated heterocycles. The van der Waals surface area contributed by atoms with E-state index in [1.165, 1.54) is 5.56 Å². The van der Waals surface area contributed by atoms with Gasteiger partial charge in [0.2, 0.25) is 5.95 Å². The third-order valence-electron chi connectivity index (χ3n) is 2.66. The number of anilines is 1. The van der Waals surface area contributed by atoms with Crippen LogP contribution < -0.4 is 5.32 Å². The van der Waals surface area contributed by atoms with Crippen LogP contribution in [0.3, 0.4) is 0 Å². The lowest BCUT2D eigenvalue weighted by Crippen LogP contribution is -2.06. The Balaban J connectivity index is 2.48. The summed E-state index contributed by atoms with van der Waals surface area (Å²) in [6.45, 7) is 8.49. The van der Waals surface area contributed by atoms with Crippen molar-refractivity contribution < 1.29 is 0 Å². The Bertz CT molecular complexity index is 572. The quantitative estimate of drug-likeness (QED) is 0.870. The molecule has 18 heavy (non-hydrogen) atoms. The fourth-order valence-corrected chi connectivity index (χ4v) is 2.16. The zero-order valence-electron chi connectivity index (χ0n) is 10.6. The summed E-state index contributed by atoms with van der Waals surface area (Å²) >= 11 is 3.51. The minimum Gasteiger partial charge on any atom is -0.352 e. The molecular weight excluding hydrogens is 290 g/mol. The maximum Gasteiger partial charge on any atom is 0.207 e. The van der Waals surface area contributed by atoms with E-state index < -0.39 is 0 Å². The molecule has 0 atom stereocenters. The maximum absolute atomic E-state index is 4.48. The molecular formula is C14H16BrN3. The van der Waals surface area contributed by atoms with Crippen molar-refractivity contribution in [1.29, 1.82) is 0 Å². The van der Waals surface area contributed by atoms with Gasteiger partial charge in [0.05, 0.1) is 11.4 Å². The normalized spacial score (nSPS) is 10.4. The Hall–Kier alpha value is -1.55. The lowest BCUT2D eigenvalue weighted by Gasteiger charge is -2.11. The lowest BCUT2D eigenvalue weighted by atomic mass is 10.2. The molecule has 0 amide bonds. The molecule has 0 saturated carbocycles. The number of aromatic nitrogens is 2. The van der Waals surface area contributed by atoms with E-state index in [2.05, 4.69) is 56.4 Å². The Morgan fingerprint density at radius 1 is 1.44 bits per heavy atom. The number of hydrogen-bond acceptors (Lipinski definition) is 2. The summed E-state index contributed by atoms with van der Waals surface area (Å²) < 4.78 is 3.13. The van der Waals surface area contributed by atoms with E-state index in [0.717, 1.165) is 21.8 Å². The molecule has 0 aliphatic heterocycles. The highest BCUT2D eigenvalue weighted by molar-refractivity contribution is 9.10. The molecule has 94 valence electrons. The largest absolute Gasteiger partial charge is 0.352 e. The van der Waals surface area contributed by atoms with Gasteiger partial charge in [-0.15, -0.1) is 6.58 Å². The van der Waals surface area contributed by atoms with E-state index in [-0.39, 0.29) is 0 Å². The van der Waals surface area contributed by atoms with Gasteiger partial charge in [-0.05, 0) is 31.5 Å². The van der Waals surface area contributed by atoms with Crippen molar-refractivity contribution >= 4 is 21.9 Å². The predicted molar refractivity (Wildman–Crippen MR) is 79.4 cm³/mol. The second kappa shape index (κ2) is 5.40. The molecule has 0 radical (unpaired) electrons. The molecule has 0 spiro atoms. The van der Waals surface area contributed by atoms with Crippen molar-refractivity contribution in [2.45, 2.75) is 13.8 Å². The molecule has 1 aromatic carbocycles.